The van der Waals surface area contributed by atoms with Crippen molar-refractivity contribution in [3.63, 3.8) is 0 Å². The normalized spacial score (nSPS) is 16.1. The van der Waals surface area contributed by atoms with Crippen molar-refractivity contribution in [2.45, 2.75) is 12.7 Å². The van der Waals surface area contributed by atoms with E-state index in [0.717, 1.165) is 17.2 Å². The standard InChI is InChI=1S/C22H17ClF3N3O4S2/c1-35(32,33)7-6-28-20(30)19(34-21(28)31)9-13-2-5-18-15(8-13)11-27-29(18)12-14-3-4-16(23)10-17(14)22(24,25)26/h2-5,8-11H,6-7,12H2,1H3. The van der Waals surface area contributed by atoms with Crippen molar-refractivity contribution in [1.29, 1.82) is 0 Å². The average molecular weight is 544 g/mol. The highest BCUT2D eigenvalue weighted by atomic mass is 35.5. The van der Waals surface area contributed by atoms with Gasteiger partial charge in [0.05, 0.1) is 34.5 Å². The number of rotatable bonds is 6. The molecule has 2 amide bonds. The van der Waals surface area contributed by atoms with Crippen LogP contribution in [0.5, 0.6) is 0 Å². The quantitative estimate of drug-likeness (QED) is 0.413. The van der Waals surface area contributed by atoms with E-state index in [4.69, 9.17) is 11.6 Å². The van der Waals surface area contributed by atoms with E-state index in [1.54, 1.807) is 18.2 Å². The largest absolute Gasteiger partial charge is 0.416 e. The number of fused-ring (bicyclic) bond motifs is 1. The molecule has 0 bridgehead atoms. The first kappa shape index (κ1) is 25.3. The maximum atomic E-state index is 13.4. The number of halogens is 4. The lowest BCUT2D eigenvalue weighted by Crippen LogP contribution is -2.32. The van der Waals surface area contributed by atoms with Crippen molar-refractivity contribution < 1.29 is 31.2 Å². The summed E-state index contributed by atoms with van der Waals surface area (Å²) in [7, 11) is -3.35. The first-order chi connectivity index (χ1) is 16.3. The van der Waals surface area contributed by atoms with Crippen LogP contribution >= 0.6 is 23.4 Å². The molecule has 1 aliphatic heterocycles. The summed E-state index contributed by atoms with van der Waals surface area (Å²) in [6.07, 6.45) is -0.550. The molecule has 4 rings (SSSR count). The zero-order valence-corrected chi connectivity index (χ0v) is 20.4. The molecule has 0 radical (unpaired) electrons. The van der Waals surface area contributed by atoms with Crippen LogP contribution in [0, 0.1) is 0 Å². The minimum absolute atomic E-state index is 0.0127. The maximum Gasteiger partial charge on any atom is 0.416 e. The molecule has 1 aliphatic rings. The van der Waals surface area contributed by atoms with E-state index in [1.807, 2.05) is 0 Å². The SMILES string of the molecule is CS(=O)(=O)CCN1C(=O)SC(=Cc2ccc3c(cnn3Cc3ccc(Cl)cc3C(F)(F)F)c2)C1=O. The Morgan fingerprint density at radius 3 is 2.57 bits per heavy atom. The Balaban J connectivity index is 1.58. The molecule has 0 spiro atoms. The van der Waals surface area contributed by atoms with Gasteiger partial charge in [-0.05, 0) is 53.2 Å². The van der Waals surface area contributed by atoms with Gasteiger partial charge in [-0.2, -0.15) is 18.3 Å². The van der Waals surface area contributed by atoms with Gasteiger partial charge in [0.15, 0.2) is 0 Å². The Bertz CT molecular complexity index is 1480. The lowest BCUT2D eigenvalue weighted by Gasteiger charge is -2.14. The minimum atomic E-state index is -4.57. The van der Waals surface area contributed by atoms with Crippen LogP contribution < -0.4 is 0 Å². The van der Waals surface area contributed by atoms with Crippen LogP contribution in [-0.4, -0.2) is 52.8 Å². The molecule has 0 saturated carbocycles. The second-order valence-electron chi connectivity index (χ2n) is 7.88. The lowest BCUT2D eigenvalue weighted by molar-refractivity contribution is -0.138. The van der Waals surface area contributed by atoms with Gasteiger partial charge in [-0.1, -0.05) is 23.7 Å². The second kappa shape index (κ2) is 9.32. The number of hydrogen-bond acceptors (Lipinski definition) is 6. The number of benzene rings is 2. The van der Waals surface area contributed by atoms with E-state index in [9.17, 15) is 31.2 Å². The van der Waals surface area contributed by atoms with Gasteiger partial charge in [-0.15, -0.1) is 0 Å². The molecule has 1 saturated heterocycles. The number of sulfone groups is 1. The van der Waals surface area contributed by atoms with Gasteiger partial charge >= 0.3 is 6.18 Å². The second-order valence-corrected chi connectivity index (χ2v) is 11.6. The lowest BCUT2D eigenvalue weighted by atomic mass is 10.1. The third kappa shape index (κ3) is 5.71. The summed E-state index contributed by atoms with van der Waals surface area (Å²) in [6, 6.07) is 8.58. The number of alkyl halides is 3. The Morgan fingerprint density at radius 2 is 1.89 bits per heavy atom. The topological polar surface area (TPSA) is 89.3 Å². The molecule has 3 aromatic rings. The summed E-state index contributed by atoms with van der Waals surface area (Å²) in [5, 5.41) is 4.25. The molecule has 13 heteroatoms. The van der Waals surface area contributed by atoms with E-state index in [2.05, 4.69) is 5.10 Å². The molecule has 1 aromatic heterocycles. The zero-order chi connectivity index (χ0) is 25.5. The number of hydrogen-bond donors (Lipinski definition) is 0. The van der Waals surface area contributed by atoms with Crippen LogP contribution in [-0.2, 0) is 27.4 Å². The van der Waals surface area contributed by atoms with Crippen LogP contribution in [0.2, 0.25) is 5.02 Å². The average Bonchev–Trinajstić information content (AvgIpc) is 3.26. The fourth-order valence-corrected chi connectivity index (χ4v) is 5.09. The van der Waals surface area contributed by atoms with Gasteiger partial charge in [0.1, 0.15) is 9.84 Å². The number of carbonyl (C=O) groups excluding carboxylic acids is 2. The molecule has 7 nitrogen and oxygen atoms in total. The number of amides is 2. The zero-order valence-electron chi connectivity index (χ0n) is 18.0. The summed E-state index contributed by atoms with van der Waals surface area (Å²) in [5.74, 6) is -0.908. The molecule has 1 fully saturated rings. The summed E-state index contributed by atoms with van der Waals surface area (Å²) >= 11 is 6.46. The summed E-state index contributed by atoms with van der Waals surface area (Å²) in [6.45, 7) is -0.356. The van der Waals surface area contributed by atoms with Crippen molar-refractivity contribution in [2.75, 3.05) is 18.6 Å². The number of thioether (sulfide) groups is 1. The predicted molar refractivity (Wildman–Crippen MR) is 128 cm³/mol. The van der Waals surface area contributed by atoms with Gasteiger partial charge in [0.25, 0.3) is 11.1 Å². The van der Waals surface area contributed by atoms with Crippen molar-refractivity contribution in [3.05, 3.63) is 69.2 Å². The fraction of sp³-hybridized carbons (Fsp3) is 0.227. The molecular weight excluding hydrogens is 527 g/mol. The van der Waals surface area contributed by atoms with Crippen LogP contribution in [0.25, 0.3) is 17.0 Å². The molecule has 35 heavy (non-hydrogen) atoms. The predicted octanol–water partition coefficient (Wildman–Crippen LogP) is 4.84. The number of imide groups is 1. The van der Waals surface area contributed by atoms with Crippen molar-refractivity contribution in [2.24, 2.45) is 0 Å². The van der Waals surface area contributed by atoms with Crippen LogP contribution in [0.15, 0.2) is 47.5 Å². The molecular formula is C22H17ClF3N3O4S2. The highest BCUT2D eigenvalue weighted by Gasteiger charge is 2.35. The van der Waals surface area contributed by atoms with Crippen LogP contribution in [0.4, 0.5) is 18.0 Å². The maximum absolute atomic E-state index is 13.4. The Kier molecular flexibility index (Phi) is 6.73. The van der Waals surface area contributed by atoms with Gasteiger partial charge in [-0.25, -0.2) is 8.42 Å². The first-order valence-corrected chi connectivity index (χ1v) is 13.3. The van der Waals surface area contributed by atoms with E-state index in [1.165, 1.54) is 29.1 Å². The van der Waals surface area contributed by atoms with Gasteiger partial charge < -0.3 is 0 Å². The van der Waals surface area contributed by atoms with Crippen LogP contribution in [0.3, 0.4) is 0 Å². The fourth-order valence-electron chi connectivity index (χ4n) is 3.53. The molecule has 2 aromatic carbocycles. The van der Waals surface area contributed by atoms with E-state index >= 15 is 0 Å². The molecule has 0 atom stereocenters. The smallest absolute Gasteiger partial charge is 0.268 e. The molecule has 184 valence electrons. The summed E-state index contributed by atoms with van der Waals surface area (Å²) in [4.78, 5) is 25.7. The van der Waals surface area contributed by atoms with E-state index in [0.29, 0.717) is 28.2 Å². The Morgan fingerprint density at radius 1 is 1.14 bits per heavy atom. The van der Waals surface area contributed by atoms with Crippen molar-refractivity contribution in [3.8, 4) is 0 Å². The highest BCUT2D eigenvalue weighted by Crippen LogP contribution is 2.35. The van der Waals surface area contributed by atoms with E-state index in [-0.39, 0.29) is 34.3 Å². The third-order valence-corrected chi connectivity index (χ3v) is 7.29. The molecule has 0 unspecified atom stereocenters. The monoisotopic (exact) mass is 543 g/mol. The van der Waals surface area contributed by atoms with Crippen molar-refractivity contribution in [1.82, 2.24) is 14.7 Å². The third-order valence-electron chi connectivity index (χ3n) is 5.22. The number of aromatic nitrogens is 2. The Hall–Kier alpha value is -2.83. The summed E-state index contributed by atoms with van der Waals surface area (Å²) in [5.41, 5.74) is 0.329. The molecule has 0 aliphatic carbocycles. The first-order valence-electron chi connectivity index (χ1n) is 10.1. The number of nitrogens with zero attached hydrogens (tertiary/aromatic N) is 3. The van der Waals surface area contributed by atoms with Gasteiger partial charge in [0, 0.05) is 23.2 Å². The van der Waals surface area contributed by atoms with Gasteiger partial charge in [-0.3, -0.25) is 19.2 Å². The molecule has 2 heterocycles. The van der Waals surface area contributed by atoms with Gasteiger partial charge in [0.2, 0.25) is 0 Å². The molecule has 0 N–H and O–H groups in total. The number of carbonyl (C=O) groups is 2. The van der Waals surface area contributed by atoms with Crippen LogP contribution in [0.1, 0.15) is 16.7 Å². The van der Waals surface area contributed by atoms with Crippen molar-refractivity contribution >= 4 is 61.3 Å². The highest BCUT2D eigenvalue weighted by molar-refractivity contribution is 8.18. The Labute approximate surface area is 207 Å². The summed E-state index contributed by atoms with van der Waals surface area (Å²) < 4.78 is 64.4. The van der Waals surface area contributed by atoms with E-state index < -0.39 is 32.7 Å². The minimum Gasteiger partial charge on any atom is -0.268 e.